The van der Waals surface area contributed by atoms with Crippen LogP contribution >= 0.6 is 15.9 Å². The van der Waals surface area contributed by atoms with Crippen molar-refractivity contribution in [3.05, 3.63) is 55.4 Å². The average molecular weight is 505 g/mol. The summed E-state index contributed by atoms with van der Waals surface area (Å²) in [5.74, 6) is 0.638. The van der Waals surface area contributed by atoms with Gasteiger partial charge in [0.1, 0.15) is 18.2 Å². The van der Waals surface area contributed by atoms with E-state index >= 15 is 0 Å². The molecule has 0 aliphatic rings. The minimum Gasteiger partial charge on any atom is -0.490 e. The lowest BCUT2D eigenvalue weighted by Crippen LogP contribution is -2.33. The van der Waals surface area contributed by atoms with Crippen LogP contribution < -0.4 is 20.5 Å². The minimum atomic E-state index is -0.546. The van der Waals surface area contributed by atoms with E-state index in [0.29, 0.717) is 46.0 Å². The predicted molar refractivity (Wildman–Crippen MR) is 123 cm³/mol. The summed E-state index contributed by atoms with van der Waals surface area (Å²) in [6, 6.07) is 7.08. The van der Waals surface area contributed by atoms with E-state index in [4.69, 9.17) is 14.2 Å². The van der Waals surface area contributed by atoms with Crippen molar-refractivity contribution >= 4 is 28.1 Å². The molecule has 0 bridgehead atoms. The Hall–Kier alpha value is -3.16. The fraction of sp³-hybridized carbons (Fsp3) is 0.364. The molecule has 1 heterocycles. The van der Waals surface area contributed by atoms with E-state index in [9.17, 15) is 14.9 Å². The van der Waals surface area contributed by atoms with E-state index in [0.717, 1.165) is 0 Å². The first-order valence-electron chi connectivity index (χ1n) is 9.89. The number of benzene rings is 1. The molecule has 1 aromatic carbocycles. The van der Waals surface area contributed by atoms with Crippen molar-refractivity contribution in [2.45, 2.75) is 33.9 Å². The normalized spacial score (nSPS) is 10.8. The Balaban J connectivity index is 2.17. The Morgan fingerprint density at radius 1 is 1.28 bits per heavy atom. The van der Waals surface area contributed by atoms with Crippen LogP contribution in [-0.2, 0) is 22.7 Å². The van der Waals surface area contributed by atoms with Gasteiger partial charge in [-0.3, -0.25) is 9.59 Å². The quantitative estimate of drug-likeness (QED) is 0.392. The van der Waals surface area contributed by atoms with Gasteiger partial charge in [-0.25, -0.2) is 5.43 Å². The lowest BCUT2D eigenvalue weighted by atomic mass is 10.1. The molecule has 10 heteroatoms. The maximum atomic E-state index is 12.6. The lowest BCUT2D eigenvalue weighted by Gasteiger charge is -2.13. The summed E-state index contributed by atoms with van der Waals surface area (Å²) < 4.78 is 18.2. The maximum absolute atomic E-state index is 12.6. The fourth-order valence-corrected chi connectivity index (χ4v) is 3.56. The Kier molecular flexibility index (Phi) is 9.43. The number of methoxy groups -OCH3 is 1. The van der Waals surface area contributed by atoms with E-state index in [1.807, 2.05) is 19.9 Å². The van der Waals surface area contributed by atoms with Crippen LogP contribution in [0.25, 0.3) is 0 Å². The van der Waals surface area contributed by atoms with Gasteiger partial charge in [-0.15, -0.1) is 0 Å². The molecule has 0 aliphatic heterocycles. The van der Waals surface area contributed by atoms with Gasteiger partial charge in [0.25, 0.3) is 11.5 Å². The third-order valence-corrected chi connectivity index (χ3v) is 4.91. The fourth-order valence-electron chi connectivity index (χ4n) is 2.99. The van der Waals surface area contributed by atoms with Crippen LogP contribution in [0.1, 0.15) is 36.2 Å². The molecule has 0 unspecified atom stereocenters. The number of carbonyl (C=O) groups excluding carboxylic acids is 1. The second-order valence-corrected chi connectivity index (χ2v) is 7.47. The Labute approximate surface area is 194 Å². The number of hydrogen-bond donors (Lipinski definition) is 1. The van der Waals surface area contributed by atoms with E-state index < -0.39 is 11.5 Å². The molecule has 32 heavy (non-hydrogen) atoms. The van der Waals surface area contributed by atoms with Crippen LogP contribution in [0.5, 0.6) is 11.5 Å². The lowest BCUT2D eigenvalue weighted by molar-refractivity contribution is -0.121. The smallest absolute Gasteiger partial charge is 0.269 e. The molecule has 0 aliphatic carbocycles. The molecule has 0 fully saturated rings. The van der Waals surface area contributed by atoms with Crippen LogP contribution in [0.2, 0.25) is 0 Å². The largest absolute Gasteiger partial charge is 0.490 e. The summed E-state index contributed by atoms with van der Waals surface area (Å²) in [6.45, 7) is 6.25. The molecule has 0 saturated heterocycles. The van der Waals surface area contributed by atoms with Gasteiger partial charge in [0.05, 0.1) is 30.5 Å². The first-order chi connectivity index (χ1) is 15.4. The van der Waals surface area contributed by atoms with Gasteiger partial charge in [-0.1, -0.05) is 0 Å². The number of carbonyl (C=O) groups is 1. The topological polar surface area (TPSA) is 115 Å². The number of aromatic nitrogens is 1. The first-order valence-corrected chi connectivity index (χ1v) is 10.7. The SMILES string of the molecule is CCOc1cc(/C=N\NC(=O)Cn2c(C)cc(COC)c(C#N)c2=O)cc(Br)c1OCC. The minimum absolute atomic E-state index is 0.0450. The number of halogens is 1. The Bertz CT molecular complexity index is 1100. The van der Waals surface area contributed by atoms with Gasteiger partial charge >= 0.3 is 0 Å². The molecule has 2 aromatic rings. The summed E-state index contributed by atoms with van der Waals surface area (Å²) in [7, 11) is 1.48. The van der Waals surface area contributed by atoms with Gasteiger partial charge in [-0.2, -0.15) is 10.4 Å². The molecular weight excluding hydrogens is 480 g/mol. The first kappa shape index (κ1) is 25.1. The highest BCUT2D eigenvalue weighted by Gasteiger charge is 2.15. The maximum Gasteiger partial charge on any atom is 0.269 e. The van der Waals surface area contributed by atoms with Crippen molar-refractivity contribution in [3.63, 3.8) is 0 Å². The molecule has 0 spiro atoms. The zero-order chi connectivity index (χ0) is 23.7. The summed E-state index contributed by atoms with van der Waals surface area (Å²) >= 11 is 3.45. The second kappa shape index (κ2) is 12.0. The third kappa shape index (κ3) is 6.18. The number of amides is 1. The predicted octanol–water partition coefficient (Wildman–Crippen LogP) is 2.89. The van der Waals surface area contributed by atoms with Crippen LogP contribution in [0.4, 0.5) is 0 Å². The van der Waals surface area contributed by atoms with Gasteiger partial charge in [-0.05, 0) is 60.5 Å². The molecule has 2 rings (SSSR count). The Morgan fingerprint density at radius 3 is 2.62 bits per heavy atom. The van der Waals surface area contributed by atoms with E-state index in [2.05, 4.69) is 26.5 Å². The van der Waals surface area contributed by atoms with Gasteiger partial charge in [0, 0.05) is 18.4 Å². The van der Waals surface area contributed by atoms with E-state index in [1.165, 1.54) is 17.9 Å². The third-order valence-electron chi connectivity index (χ3n) is 4.33. The molecule has 1 N–H and O–H groups in total. The Morgan fingerprint density at radius 2 is 2.00 bits per heavy atom. The van der Waals surface area contributed by atoms with Gasteiger partial charge < -0.3 is 18.8 Å². The van der Waals surface area contributed by atoms with Crippen LogP contribution in [-0.4, -0.2) is 37.0 Å². The highest BCUT2D eigenvalue weighted by molar-refractivity contribution is 9.10. The number of nitrogens with one attached hydrogen (secondary N) is 1. The number of nitriles is 1. The van der Waals surface area contributed by atoms with Gasteiger partial charge in [0.2, 0.25) is 0 Å². The van der Waals surface area contributed by atoms with Crippen molar-refractivity contribution in [1.29, 1.82) is 5.26 Å². The monoisotopic (exact) mass is 504 g/mol. The number of nitrogens with zero attached hydrogens (tertiary/aromatic N) is 3. The molecule has 170 valence electrons. The van der Waals surface area contributed by atoms with Crippen LogP contribution in [0.3, 0.4) is 0 Å². The van der Waals surface area contributed by atoms with E-state index in [1.54, 1.807) is 25.1 Å². The molecule has 0 atom stereocenters. The number of rotatable bonds is 10. The molecule has 0 radical (unpaired) electrons. The summed E-state index contributed by atoms with van der Waals surface area (Å²) in [5, 5.41) is 13.3. The molecule has 1 amide bonds. The standard InChI is InChI=1S/C22H25BrN4O5/c1-5-31-19-9-15(8-18(23)21(19)32-6-2)11-25-26-20(28)12-27-14(3)7-16(13-30-4)17(10-24)22(27)29/h7-9,11H,5-6,12-13H2,1-4H3,(H,26,28)/b25-11-. The van der Waals surface area contributed by atoms with Gasteiger partial charge in [0.15, 0.2) is 11.5 Å². The number of ether oxygens (including phenoxy) is 3. The number of hydrogen-bond acceptors (Lipinski definition) is 7. The average Bonchev–Trinajstić information content (AvgIpc) is 2.74. The number of hydrazone groups is 1. The summed E-state index contributed by atoms with van der Waals surface area (Å²) in [5.41, 5.74) is 3.50. The zero-order valence-corrected chi connectivity index (χ0v) is 20.0. The number of aryl methyl sites for hydroxylation is 1. The summed E-state index contributed by atoms with van der Waals surface area (Å²) in [6.07, 6.45) is 1.46. The molecule has 1 aromatic heterocycles. The molecule has 9 nitrogen and oxygen atoms in total. The van der Waals surface area contributed by atoms with Crippen molar-refractivity contribution in [2.24, 2.45) is 5.10 Å². The van der Waals surface area contributed by atoms with Crippen LogP contribution in [0.15, 0.2) is 32.6 Å². The highest BCUT2D eigenvalue weighted by Crippen LogP contribution is 2.36. The zero-order valence-electron chi connectivity index (χ0n) is 18.4. The number of pyridine rings is 1. The molecular formula is C22H25BrN4O5. The van der Waals surface area contributed by atoms with Crippen molar-refractivity contribution in [2.75, 3.05) is 20.3 Å². The highest BCUT2D eigenvalue weighted by atomic mass is 79.9. The van der Waals surface area contributed by atoms with Crippen molar-refractivity contribution < 1.29 is 19.0 Å². The summed E-state index contributed by atoms with van der Waals surface area (Å²) in [4.78, 5) is 25.0. The van der Waals surface area contributed by atoms with E-state index in [-0.39, 0.29) is 18.7 Å². The van der Waals surface area contributed by atoms with Crippen LogP contribution in [0, 0.1) is 18.3 Å². The van der Waals surface area contributed by atoms with Crippen molar-refractivity contribution in [3.8, 4) is 17.6 Å². The second-order valence-electron chi connectivity index (χ2n) is 6.61. The molecule has 0 saturated carbocycles. The van der Waals surface area contributed by atoms with Crippen molar-refractivity contribution in [1.82, 2.24) is 9.99 Å².